The number of methoxy groups -OCH3 is 1. The molecular weight excluding hydrogens is 238 g/mol. The summed E-state index contributed by atoms with van der Waals surface area (Å²) in [6.07, 6.45) is 3.75. The van der Waals surface area contributed by atoms with E-state index >= 15 is 0 Å². The summed E-state index contributed by atoms with van der Waals surface area (Å²) >= 11 is 0. The van der Waals surface area contributed by atoms with Crippen LogP contribution in [-0.4, -0.2) is 19.8 Å². The average molecular weight is 263 g/mol. The molecule has 2 rings (SSSR count). The molecule has 106 valence electrons. The van der Waals surface area contributed by atoms with Gasteiger partial charge in [0, 0.05) is 17.8 Å². The Labute approximate surface area is 116 Å². The van der Waals surface area contributed by atoms with E-state index in [1.54, 1.807) is 7.11 Å². The molecule has 1 aliphatic rings. The Morgan fingerprint density at radius 3 is 2.68 bits per heavy atom. The van der Waals surface area contributed by atoms with Gasteiger partial charge in [0.2, 0.25) is 0 Å². The molecule has 1 atom stereocenters. The third-order valence-electron chi connectivity index (χ3n) is 3.80. The highest BCUT2D eigenvalue weighted by Gasteiger charge is 2.30. The van der Waals surface area contributed by atoms with Gasteiger partial charge < -0.3 is 14.8 Å². The van der Waals surface area contributed by atoms with Crippen molar-refractivity contribution in [1.82, 2.24) is 0 Å². The lowest BCUT2D eigenvalue weighted by molar-refractivity contribution is 0.311. The molecule has 0 heterocycles. The van der Waals surface area contributed by atoms with Crippen LogP contribution < -0.4 is 14.8 Å². The van der Waals surface area contributed by atoms with Crippen LogP contribution in [-0.2, 0) is 0 Å². The maximum atomic E-state index is 5.53. The van der Waals surface area contributed by atoms with Gasteiger partial charge in [-0.25, -0.2) is 0 Å². The molecule has 1 fully saturated rings. The highest BCUT2D eigenvalue weighted by atomic mass is 16.5. The highest BCUT2D eigenvalue weighted by molar-refractivity contribution is 5.55. The smallest absolute Gasteiger partial charge is 0.162 e. The Balaban J connectivity index is 2.05. The van der Waals surface area contributed by atoms with Crippen molar-refractivity contribution in [3.8, 4) is 11.5 Å². The third kappa shape index (κ3) is 3.55. The number of ether oxygens (including phenoxy) is 2. The zero-order valence-corrected chi connectivity index (χ0v) is 12.5. The number of hydrogen-bond donors (Lipinski definition) is 1. The van der Waals surface area contributed by atoms with Gasteiger partial charge in [0.05, 0.1) is 13.7 Å². The molecule has 1 N–H and O–H groups in total. The van der Waals surface area contributed by atoms with Crippen molar-refractivity contribution < 1.29 is 9.47 Å². The van der Waals surface area contributed by atoms with Gasteiger partial charge in [0.1, 0.15) is 0 Å². The normalized spacial score (nSPS) is 21.2. The van der Waals surface area contributed by atoms with Crippen molar-refractivity contribution in [3.63, 3.8) is 0 Å². The van der Waals surface area contributed by atoms with Crippen LogP contribution in [0.5, 0.6) is 11.5 Å². The zero-order chi connectivity index (χ0) is 13.9. The first kappa shape index (κ1) is 14.0. The molecule has 0 saturated heterocycles. The molecule has 0 amide bonds. The molecule has 0 radical (unpaired) electrons. The number of hydrogen-bond acceptors (Lipinski definition) is 3. The minimum Gasteiger partial charge on any atom is -0.493 e. The lowest BCUT2D eigenvalue weighted by atomic mass is 9.92. The van der Waals surface area contributed by atoms with Crippen LogP contribution in [0.2, 0.25) is 0 Å². The predicted octanol–water partition coefficient (Wildman–Crippen LogP) is 4.08. The lowest BCUT2D eigenvalue weighted by Gasteiger charge is -2.19. The largest absolute Gasteiger partial charge is 0.493 e. The molecule has 1 aliphatic carbocycles. The average Bonchev–Trinajstić information content (AvgIpc) is 2.71. The Kier molecular flexibility index (Phi) is 4.23. The Morgan fingerprint density at radius 2 is 2.11 bits per heavy atom. The summed E-state index contributed by atoms with van der Waals surface area (Å²) in [5.41, 5.74) is 1.58. The molecule has 0 aromatic heterocycles. The standard InChI is InChI=1S/C16H25NO2/c1-5-19-14-7-6-12(10-15(14)18-4)17-13-8-9-16(2,3)11-13/h6-7,10,13,17H,5,8-9,11H2,1-4H3. The molecular formula is C16H25NO2. The molecule has 19 heavy (non-hydrogen) atoms. The van der Waals surface area contributed by atoms with Crippen LogP contribution in [0, 0.1) is 5.41 Å². The maximum Gasteiger partial charge on any atom is 0.162 e. The van der Waals surface area contributed by atoms with E-state index in [-0.39, 0.29) is 0 Å². The van der Waals surface area contributed by atoms with E-state index in [1.165, 1.54) is 19.3 Å². The fraction of sp³-hybridized carbons (Fsp3) is 0.625. The van der Waals surface area contributed by atoms with Crippen LogP contribution in [0.1, 0.15) is 40.0 Å². The van der Waals surface area contributed by atoms with E-state index in [4.69, 9.17) is 9.47 Å². The van der Waals surface area contributed by atoms with Crippen LogP contribution in [0.3, 0.4) is 0 Å². The van der Waals surface area contributed by atoms with Crippen molar-refractivity contribution in [2.24, 2.45) is 5.41 Å². The topological polar surface area (TPSA) is 30.5 Å². The molecule has 0 aliphatic heterocycles. The second-order valence-electron chi connectivity index (χ2n) is 6.05. The molecule has 1 saturated carbocycles. The maximum absolute atomic E-state index is 5.53. The van der Waals surface area contributed by atoms with E-state index in [0.717, 1.165) is 17.2 Å². The van der Waals surface area contributed by atoms with Gasteiger partial charge in [-0.2, -0.15) is 0 Å². The van der Waals surface area contributed by atoms with Crippen molar-refractivity contribution in [3.05, 3.63) is 18.2 Å². The molecule has 3 nitrogen and oxygen atoms in total. The molecule has 1 unspecified atom stereocenters. The summed E-state index contributed by atoms with van der Waals surface area (Å²) in [5.74, 6) is 1.60. The van der Waals surface area contributed by atoms with E-state index in [1.807, 2.05) is 19.1 Å². The number of anilines is 1. The summed E-state index contributed by atoms with van der Waals surface area (Å²) in [6, 6.07) is 6.64. The summed E-state index contributed by atoms with van der Waals surface area (Å²) in [7, 11) is 1.68. The van der Waals surface area contributed by atoms with Crippen molar-refractivity contribution in [1.29, 1.82) is 0 Å². The first-order valence-electron chi connectivity index (χ1n) is 7.11. The monoisotopic (exact) mass is 263 g/mol. The summed E-state index contributed by atoms with van der Waals surface area (Å²) < 4.78 is 10.9. The Hall–Kier alpha value is -1.38. The van der Waals surface area contributed by atoms with Crippen LogP contribution in [0.4, 0.5) is 5.69 Å². The zero-order valence-electron chi connectivity index (χ0n) is 12.5. The van der Waals surface area contributed by atoms with E-state index < -0.39 is 0 Å². The van der Waals surface area contributed by atoms with Gasteiger partial charge in [-0.05, 0) is 43.7 Å². The summed E-state index contributed by atoms with van der Waals surface area (Å²) in [5, 5.41) is 3.60. The number of benzene rings is 1. The fourth-order valence-corrected chi connectivity index (χ4v) is 2.83. The molecule has 0 bridgehead atoms. The van der Waals surface area contributed by atoms with Gasteiger partial charge >= 0.3 is 0 Å². The molecule has 3 heteroatoms. The fourth-order valence-electron chi connectivity index (χ4n) is 2.83. The van der Waals surface area contributed by atoms with Crippen LogP contribution in [0.15, 0.2) is 18.2 Å². The summed E-state index contributed by atoms with van der Waals surface area (Å²) in [6.45, 7) is 7.31. The van der Waals surface area contributed by atoms with Crippen LogP contribution >= 0.6 is 0 Å². The Bertz CT molecular complexity index is 429. The second kappa shape index (κ2) is 5.72. The van der Waals surface area contributed by atoms with Gasteiger partial charge in [-0.1, -0.05) is 13.8 Å². The van der Waals surface area contributed by atoms with Gasteiger partial charge in [-0.3, -0.25) is 0 Å². The van der Waals surface area contributed by atoms with Crippen molar-refractivity contribution in [2.75, 3.05) is 19.0 Å². The van der Waals surface area contributed by atoms with Crippen molar-refractivity contribution in [2.45, 2.75) is 46.1 Å². The highest BCUT2D eigenvalue weighted by Crippen LogP contribution is 2.39. The van der Waals surface area contributed by atoms with Crippen LogP contribution in [0.25, 0.3) is 0 Å². The van der Waals surface area contributed by atoms with Gasteiger partial charge in [0.25, 0.3) is 0 Å². The first-order chi connectivity index (χ1) is 9.04. The van der Waals surface area contributed by atoms with E-state index in [9.17, 15) is 0 Å². The Morgan fingerprint density at radius 1 is 1.32 bits per heavy atom. The van der Waals surface area contributed by atoms with Gasteiger partial charge in [-0.15, -0.1) is 0 Å². The second-order valence-corrected chi connectivity index (χ2v) is 6.05. The quantitative estimate of drug-likeness (QED) is 0.868. The van der Waals surface area contributed by atoms with E-state index in [2.05, 4.69) is 25.2 Å². The predicted molar refractivity (Wildman–Crippen MR) is 79.2 cm³/mol. The minimum atomic E-state index is 0.465. The molecule has 1 aromatic rings. The molecule has 0 spiro atoms. The van der Waals surface area contributed by atoms with E-state index in [0.29, 0.717) is 18.1 Å². The lowest BCUT2D eigenvalue weighted by Crippen LogP contribution is -2.17. The van der Waals surface area contributed by atoms with Crippen molar-refractivity contribution >= 4 is 5.69 Å². The SMILES string of the molecule is CCOc1ccc(NC2CCC(C)(C)C2)cc1OC. The minimum absolute atomic E-state index is 0.465. The first-order valence-corrected chi connectivity index (χ1v) is 7.11. The molecule has 1 aromatic carbocycles. The third-order valence-corrected chi connectivity index (χ3v) is 3.80. The summed E-state index contributed by atoms with van der Waals surface area (Å²) in [4.78, 5) is 0. The van der Waals surface area contributed by atoms with Gasteiger partial charge in [0.15, 0.2) is 11.5 Å². The number of rotatable bonds is 5. The number of nitrogens with one attached hydrogen (secondary N) is 1.